The fourth-order valence-electron chi connectivity index (χ4n) is 1.69. The molecular weight excluding hydrogens is 252 g/mol. The first-order valence-corrected chi connectivity index (χ1v) is 6.55. The number of aromatic nitrogens is 1. The Morgan fingerprint density at radius 1 is 1.50 bits per heavy atom. The van der Waals surface area contributed by atoms with E-state index in [2.05, 4.69) is 10.3 Å². The number of halogens is 1. The lowest BCUT2D eigenvalue weighted by atomic mass is 10.0. The molecular formula is C13H19ClN2O2. The maximum atomic E-state index is 12.0. The van der Waals surface area contributed by atoms with Crippen LogP contribution in [0.15, 0.2) is 17.1 Å². The molecule has 0 aliphatic carbocycles. The van der Waals surface area contributed by atoms with Crippen molar-refractivity contribution in [2.45, 2.75) is 33.2 Å². The topological polar surface area (TPSA) is 62.0 Å². The van der Waals surface area contributed by atoms with E-state index in [0.717, 1.165) is 5.69 Å². The van der Waals surface area contributed by atoms with Crippen LogP contribution in [0.1, 0.15) is 36.3 Å². The number of alkyl halides is 1. The standard InChI is InChI=1S/C13H19ClN2O2/c1-8(2)11(4-5-14)16-13(18)10-7-15-9(3)6-12(10)17/h6-8,11H,4-5H2,1-3H3,(H,15,17)(H,16,18). The fraction of sp³-hybridized carbons (Fsp3) is 0.538. The number of rotatable bonds is 5. The van der Waals surface area contributed by atoms with Crippen molar-refractivity contribution in [3.63, 3.8) is 0 Å². The molecule has 4 nitrogen and oxygen atoms in total. The number of amides is 1. The molecule has 0 aliphatic heterocycles. The number of pyridine rings is 1. The molecule has 0 fully saturated rings. The summed E-state index contributed by atoms with van der Waals surface area (Å²) in [5, 5.41) is 2.85. The molecule has 0 saturated heterocycles. The second-order valence-electron chi connectivity index (χ2n) is 4.70. The Hall–Kier alpha value is -1.29. The predicted octanol–water partition coefficient (Wildman–Crippen LogP) is 2.07. The van der Waals surface area contributed by atoms with Gasteiger partial charge in [-0.1, -0.05) is 13.8 Å². The average molecular weight is 271 g/mol. The van der Waals surface area contributed by atoms with Crippen molar-refractivity contribution < 1.29 is 4.79 Å². The third-order valence-corrected chi connectivity index (χ3v) is 3.06. The highest BCUT2D eigenvalue weighted by Crippen LogP contribution is 2.08. The summed E-state index contributed by atoms with van der Waals surface area (Å²) >= 11 is 5.70. The number of hydrogen-bond donors (Lipinski definition) is 2. The minimum atomic E-state index is -0.347. The van der Waals surface area contributed by atoms with Crippen LogP contribution in [-0.4, -0.2) is 22.8 Å². The highest BCUT2D eigenvalue weighted by Gasteiger charge is 2.18. The van der Waals surface area contributed by atoms with Crippen molar-refractivity contribution >= 4 is 17.5 Å². The Balaban J connectivity index is 2.84. The van der Waals surface area contributed by atoms with Gasteiger partial charge in [0.2, 0.25) is 0 Å². The number of aromatic amines is 1. The van der Waals surface area contributed by atoms with Crippen molar-refractivity contribution in [2.24, 2.45) is 5.92 Å². The second kappa shape index (κ2) is 6.59. The number of carbonyl (C=O) groups is 1. The van der Waals surface area contributed by atoms with Crippen LogP contribution in [0.2, 0.25) is 0 Å². The molecule has 1 aromatic heterocycles. The van der Waals surface area contributed by atoms with E-state index in [9.17, 15) is 9.59 Å². The van der Waals surface area contributed by atoms with E-state index >= 15 is 0 Å². The summed E-state index contributed by atoms with van der Waals surface area (Å²) in [5.41, 5.74) is 0.607. The molecule has 0 radical (unpaired) electrons. The number of H-pyrrole nitrogens is 1. The van der Waals surface area contributed by atoms with E-state index in [0.29, 0.717) is 12.3 Å². The lowest BCUT2D eigenvalue weighted by Crippen LogP contribution is -2.40. The molecule has 2 N–H and O–H groups in total. The maximum absolute atomic E-state index is 12.0. The van der Waals surface area contributed by atoms with Gasteiger partial charge in [0.25, 0.3) is 5.91 Å². The molecule has 1 amide bonds. The van der Waals surface area contributed by atoms with E-state index in [1.54, 1.807) is 6.92 Å². The van der Waals surface area contributed by atoms with E-state index in [4.69, 9.17) is 11.6 Å². The van der Waals surface area contributed by atoms with Crippen LogP contribution < -0.4 is 10.7 Å². The largest absolute Gasteiger partial charge is 0.364 e. The van der Waals surface area contributed by atoms with E-state index < -0.39 is 0 Å². The molecule has 0 bridgehead atoms. The van der Waals surface area contributed by atoms with Gasteiger partial charge in [0.1, 0.15) is 5.56 Å². The van der Waals surface area contributed by atoms with Crippen molar-refractivity contribution in [1.29, 1.82) is 0 Å². The van der Waals surface area contributed by atoms with Crippen LogP contribution in [0, 0.1) is 12.8 Å². The molecule has 1 aromatic rings. The van der Waals surface area contributed by atoms with Gasteiger partial charge in [-0.05, 0) is 19.3 Å². The molecule has 1 rings (SSSR count). The Labute approximate surface area is 112 Å². The number of carbonyl (C=O) groups excluding carboxylic acids is 1. The zero-order valence-electron chi connectivity index (χ0n) is 10.9. The number of aryl methyl sites for hydroxylation is 1. The van der Waals surface area contributed by atoms with Gasteiger partial charge in [-0.15, -0.1) is 11.6 Å². The normalized spacial score (nSPS) is 12.5. The molecule has 0 aromatic carbocycles. The minimum Gasteiger partial charge on any atom is -0.364 e. The van der Waals surface area contributed by atoms with Crippen molar-refractivity contribution in [1.82, 2.24) is 10.3 Å². The smallest absolute Gasteiger partial charge is 0.256 e. The molecule has 0 aliphatic rings. The van der Waals surface area contributed by atoms with Crippen LogP contribution in [0.25, 0.3) is 0 Å². The average Bonchev–Trinajstić information content (AvgIpc) is 2.27. The van der Waals surface area contributed by atoms with Crippen LogP contribution in [0.3, 0.4) is 0 Å². The van der Waals surface area contributed by atoms with Gasteiger partial charge in [0.15, 0.2) is 5.43 Å². The minimum absolute atomic E-state index is 0.0179. The highest BCUT2D eigenvalue weighted by molar-refractivity contribution is 6.17. The molecule has 18 heavy (non-hydrogen) atoms. The van der Waals surface area contributed by atoms with E-state index in [1.165, 1.54) is 12.3 Å². The summed E-state index contributed by atoms with van der Waals surface area (Å²) in [7, 11) is 0. The first kappa shape index (κ1) is 14.8. The van der Waals surface area contributed by atoms with Gasteiger partial charge in [-0.2, -0.15) is 0 Å². The first-order chi connectivity index (χ1) is 8.45. The maximum Gasteiger partial charge on any atom is 0.256 e. The van der Waals surface area contributed by atoms with E-state index in [-0.39, 0.29) is 28.9 Å². The first-order valence-electron chi connectivity index (χ1n) is 6.02. The zero-order valence-corrected chi connectivity index (χ0v) is 11.7. The number of hydrogen-bond acceptors (Lipinski definition) is 2. The van der Waals surface area contributed by atoms with Crippen molar-refractivity contribution in [3.05, 3.63) is 33.7 Å². The summed E-state index contributed by atoms with van der Waals surface area (Å²) in [6, 6.07) is 1.40. The molecule has 0 spiro atoms. The van der Waals surface area contributed by atoms with Crippen LogP contribution in [-0.2, 0) is 0 Å². The Kier molecular flexibility index (Phi) is 5.41. The molecule has 100 valence electrons. The van der Waals surface area contributed by atoms with Gasteiger partial charge >= 0.3 is 0 Å². The zero-order chi connectivity index (χ0) is 13.7. The molecule has 0 saturated carbocycles. The van der Waals surface area contributed by atoms with Gasteiger partial charge < -0.3 is 10.3 Å². The van der Waals surface area contributed by atoms with E-state index in [1.807, 2.05) is 13.8 Å². The summed E-state index contributed by atoms with van der Waals surface area (Å²) in [6.45, 7) is 5.79. The third kappa shape index (κ3) is 3.88. The molecule has 1 heterocycles. The highest BCUT2D eigenvalue weighted by atomic mass is 35.5. The van der Waals surface area contributed by atoms with Crippen LogP contribution >= 0.6 is 11.6 Å². The van der Waals surface area contributed by atoms with Gasteiger partial charge in [0.05, 0.1) is 0 Å². The van der Waals surface area contributed by atoms with Crippen molar-refractivity contribution in [2.75, 3.05) is 5.88 Å². The monoisotopic (exact) mass is 270 g/mol. The third-order valence-electron chi connectivity index (χ3n) is 2.84. The van der Waals surface area contributed by atoms with Crippen LogP contribution in [0.5, 0.6) is 0 Å². The molecule has 1 unspecified atom stereocenters. The lowest BCUT2D eigenvalue weighted by molar-refractivity contribution is 0.0923. The Bertz CT molecular complexity index is 468. The Morgan fingerprint density at radius 2 is 2.17 bits per heavy atom. The fourth-order valence-corrected chi connectivity index (χ4v) is 1.92. The SMILES string of the molecule is Cc1cc(=O)c(C(=O)NC(CCCl)C(C)C)c[nH]1. The Morgan fingerprint density at radius 3 is 2.67 bits per heavy atom. The molecule has 5 heteroatoms. The van der Waals surface area contributed by atoms with Gasteiger partial charge in [-0.25, -0.2) is 0 Å². The summed E-state index contributed by atoms with van der Waals surface area (Å²) in [5.74, 6) is 0.408. The molecule has 1 atom stereocenters. The van der Waals surface area contributed by atoms with Gasteiger partial charge in [0, 0.05) is 29.9 Å². The summed E-state index contributed by atoms with van der Waals surface area (Å²) in [6.07, 6.45) is 2.14. The summed E-state index contributed by atoms with van der Waals surface area (Å²) < 4.78 is 0. The predicted molar refractivity (Wildman–Crippen MR) is 73.2 cm³/mol. The van der Waals surface area contributed by atoms with Crippen LogP contribution in [0.4, 0.5) is 0 Å². The lowest BCUT2D eigenvalue weighted by Gasteiger charge is -2.21. The van der Waals surface area contributed by atoms with Gasteiger partial charge in [-0.3, -0.25) is 9.59 Å². The second-order valence-corrected chi connectivity index (χ2v) is 5.07. The quantitative estimate of drug-likeness (QED) is 0.805. The summed E-state index contributed by atoms with van der Waals surface area (Å²) in [4.78, 5) is 26.5. The number of nitrogens with one attached hydrogen (secondary N) is 2. The van der Waals surface area contributed by atoms with Crippen molar-refractivity contribution in [3.8, 4) is 0 Å².